The smallest absolute Gasteiger partial charge is 0.259 e. The van der Waals surface area contributed by atoms with Crippen LogP contribution in [0.25, 0.3) is 10.6 Å². The first-order valence-electron chi connectivity index (χ1n) is 11.0. The highest BCUT2D eigenvalue weighted by atomic mass is 32.1. The number of rotatable bonds is 5. The molecule has 0 bridgehead atoms. The molecule has 0 radical (unpaired) electrons. The molecule has 0 unspecified atom stereocenters. The van der Waals surface area contributed by atoms with E-state index in [0.29, 0.717) is 34.9 Å². The van der Waals surface area contributed by atoms with E-state index < -0.39 is 0 Å². The molecule has 0 aliphatic carbocycles. The van der Waals surface area contributed by atoms with E-state index in [2.05, 4.69) is 27.8 Å². The Hall–Kier alpha value is -4.17. The molecule has 0 saturated heterocycles. The van der Waals surface area contributed by atoms with Crippen molar-refractivity contribution in [3.8, 4) is 27.8 Å². The fourth-order valence-electron chi connectivity index (χ4n) is 4.10. The number of fused-ring (bicyclic) bond motifs is 2. The molecule has 2 heterocycles. The highest BCUT2D eigenvalue weighted by Gasteiger charge is 2.21. The largest absolute Gasteiger partial charge is 0.496 e. The fourth-order valence-corrected chi connectivity index (χ4v) is 4.94. The molecule has 2 N–H and O–H groups in total. The Kier molecular flexibility index (Phi) is 5.96. The summed E-state index contributed by atoms with van der Waals surface area (Å²) in [4.78, 5) is 30.9. The minimum atomic E-state index is -0.280. The number of aryl methyl sites for hydroxylation is 2. The Balaban J connectivity index is 1.29. The Labute approximate surface area is 206 Å². The van der Waals surface area contributed by atoms with Crippen LogP contribution in [0.15, 0.2) is 60.8 Å². The third kappa shape index (κ3) is 4.48. The van der Waals surface area contributed by atoms with Crippen LogP contribution >= 0.6 is 11.3 Å². The zero-order valence-corrected chi connectivity index (χ0v) is 20.3. The minimum absolute atomic E-state index is 0.255. The number of carbonyl (C=O) groups excluding carboxylic acids is 2. The van der Waals surface area contributed by atoms with Gasteiger partial charge in [0.15, 0.2) is 5.75 Å². The standard InChI is InChI=1S/C27H23N3O4S/c1-15-10-18(11-16(2)24(15)33-3)27-29-14-19(35-27)13-28-25(31)17-8-9-23-21(12-17)30-26(32)20-6-4-5-7-22(20)34-23/h4-12,14H,13H2,1-3H3,(H,28,31)(H,30,32). The summed E-state index contributed by atoms with van der Waals surface area (Å²) >= 11 is 1.53. The van der Waals surface area contributed by atoms with Crippen molar-refractivity contribution >= 4 is 28.8 Å². The van der Waals surface area contributed by atoms with Crippen LogP contribution in [0.5, 0.6) is 17.2 Å². The Morgan fingerprint density at radius 3 is 2.63 bits per heavy atom. The molecule has 1 aliphatic rings. The SMILES string of the molecule is COc1c(C)cc(-c2ncc(CNC(=O)c3ccc4c(c3)NC(=O)c3ccccc3O4)s2)cc1C. The lowest BCUT2D eigenvalue weighted by atomic mass is 10.1. The van der Waals surface area contributed by atoms with Gasteiger partial charge in [0.1, 0.15) is 16.5 Å². The van der Waals surface area contributed by atoms with E-state index in [-0.39, 0.29) is 11.8 Å². The quantitative estimate of drug-likeness (QED) is 0.377. The van der Waals surface area contributed by atoms with Gasteiger partial charge in [0.05, 0.1) is 24.9 Å². The van der Waals surface area contributed by atoms with Crippen molar-refractivity contribution in [2.45, 2.75) is 20.4 Å². The average molecular weight is 486 g/mol. The number of hydrogen-bond acceptors (Lipinski definition) is 6. The number of carbonyl (C=O) groups is 2. The van der Waals surface area contributed by atoms with E-state index in [1.807, 2.05) is 13.8 Å². The van der Waals surface area contributed by atoms with Crippen LogP contribution in [0, 0.1) is 13.8 Å². The van der Waals surface area contributed by atoms with Crippen LogP contribution in [0.3, 0.4) is 0 Å². The van der Waals surface area contributed by atoms with E-state index in [9.17, 15) is 9.59 Å². The first-order chi connectivity index (χ1) is 16.9. The lowest BCUT2D eigenvalue weighted by molar-refractivity contribution is 0.0950. The molecular formula is C27H23N3O4S. The summed E-state index contributed by atoms with van der Waals surface area (Å²) in [6.07, 6.45) is 1.78. The molecule has 4 aromatic rings. The number of thiazole rings is 1. The predicted molar refractivity (Wildman–Crippen MR) is 136 cm³/mol. The zero-order valence-electron chi connectivity index (χ0n) is 19.5. The highest BCUT2D eigenvalue weighted by molar-refractivity contribution is 7.15. The van der Waals surface area contributed by atoms with Crippen molar-refractivity contribution in [3.63, 3.8) is 0 Å². The fraction of sp³-hybridized carbons (Fsp3) is 0.148. The van der Waals surface area contributed by atoms with Gasteiger partial charge in [-0.1, -0.05) is 12.1 Å². The van der Waals surface area contributed by atoms with Gasteiger partial charge in [-0.15, -0.1) is 11.3 Å². The molecule has 0 saturated carbocycles. The topological polar surface area (TPSA) is 89.5 Å². The van der Waals surface area contributed by atoms with Crippen molar-refractivity contribution < 1.29 is 19.1 Å². The first-order valence-corrected chi connectivity index (χ1v) is 11.9. The Morgan fingerprint density at radius 2 is 1.86 bits per heavy atom. The van der Waals surface area contributed by atoms with E-state index >= 15 is 0 Å². The number of nitrogens with one attached hydrogen (secondary N) is 2. The molecule has 35 heavy (non-hydrogen) atoms. The van der Waals surface area contributed by atoms with Gasteiger partial charge in [-0.3, -0.25) is 9.59 Å². The van der Waals surface area contributed by atoms with Gasteiger partial charge in [-0.2, -0.15) is 0 Å². The maximum Gasteiger partial charge on any atom is 0.259 e. The van der Waals surface area contributed by atoms with Crippen LogP contribution in [0.1, 0.15) is 36.7 Å². The molecule has 1 aliphatic heterocycles. The summed E-state index contributed by atoms with van der Waals surface area (Å²) in [5.74, 6) is 1.30. The number of benzene rings is 3. The summed E-state index contributed by atoms with van der Waals surface area (Å²) in [5, 5.41) is 6.64. The summed E-state index contributed by atoms with van der Waals surface area (Å²) in [5.41, 5.74) is 4.43. The monoisotopic (exact) mass is 485 g/mol. The highest BCUT2D eigenvalue weighted by Crippen LogP contribution is 2.36. The third-order valence-electron chi connectivity index (χ3n) is 5.73. The summed E-state index contributed by atoms with van der Waals surface area (Å²) in [6, 6.07) is 16.1. The molecule has 8 heteroatoms. The van der Waals surface area contributed by atoms with Gasteiger partial charge in [0, 0.05) is 22.2 Å². The van der Waals surface area contributed by atoms with E-state index in [1.54, 1.807) is 55.8 Å². The van der Waals surface area contributed by atoms with Crippen molar-refractivity contribution in [2.75, 3.05) is 12.4 Å². The molecule has 5 rings (SSSR count). The van der Waals surface area contributed by atoms with Crippen LogP contribution in [0.2, 0.25) is 0 Å². The second-order valence-electron chi connectivity index (χ2n) is 8.22. The average Bonchev–Trinajstić information content (AvgIpc) is 3.27. The number of amides is 2. The first kappa shape index (κ1) is 22.6. The zero-order chi connectivity index (χ0) is 24.5. The molecular weight excluding hydrogens is 462 g/mol. The number of hydrogen-bond donors (Lipinski definition) is 2. The summed E-state index contributed by atoms with van der Waals surface area (Å²) in [7, 11) is 1.67. The van der Waals surface area contributed by atoms with Gasteiger partial charge in [0.25, 0.3) is 11.8 Å². The van der Waals surface area contributed by atoms with Crippen molar-refractivity contribution in [1.29, 1.82) is 0 Å². The molecule has 0 spiro atoms. The molecule has 176 valence electrons. The van der Waals surface area contributed by atoms with Crippen molar-refractivity contribution in [1.82, 2.24) is 10.3 Å². The van der Waals surface area contributed by atoms with Crippen LogP contribution in [0.4, 0.5) is 5.69 Å². The number of methoxy groups -OCH3 is 1. The molecule has 0 fully saturated rings. The molecule has 0 atom stereocenters. The van der Waals surface area contributed by atoms with Gasteiger partial charge in [0.2, 0.25) is 0 Å². The van der Waals surface area contributed by atoms with Crippen LogP contribution < -0.4 is 20.1 Å². The number of anilines is 1. The Bertz CT molecular complexity index is 1440. The van der Waals surface area contributed by atoms with Gasteiger partial charge < -0.3 is 20.1 Å². The number of aromatic nitrogens is 1. The second-order valence-corrected chi connectivity index (χ2v) is 9.34. The Morgan fingerprint density at radius 1 is 1.09 bits per heavy atom. The van der Waals surface area contributed by atoms with Gasteiger partial charge in [-0.25, -0.2) is 4.98 Å². The van der Waals surface area contributed by atoms with Crippen LogP contribution in [-0.2, 0) is 6.54 Å². The predicted octanol–water partition coefficient (Wildman–Crippen LogP) is 5.72. The molecule has 2 amide bonds. The lowest BCUT2D eigenvalue weighted by Gasteiger charge is -2.10. The summed E-state index contributed by atoms with van der Waals surface area (Å²) < 4.78 is 11.3. The van der Waals surface area contributed by atoms with Gasteiger partial charge >= 0.3 is 0 Å². The van der Waals surface area contributed by atoms with E-state index in [0.717, 1.165) is 32.3 Å². The molecule has 1 aromatic heterocycles. The number of para-hydroxylation sites is 1. The summed E-state index contributed by atoms with van der Waals surface area (Å²) in [6.45, 7) is 4.36. The lowest BCUT2D eigenvalue weighted by Crippen LogP contribution is -2.22. The maximum atomic E-state index is 12.8. The maximum absolute atomic E-state index is 12.8. The third-order valence-corrected chi connectivity index (χ3v) is 6.78. The van der Waals surface area contributed by atoms with Gasteiger partial charge in [-0.05, 0) is 67.4 Å². The molecule has 3 aromatic carbocycles. The number of ether oxygens (including phenoxy) is 2. The normalized spacial score (nSPS) is 12.0. The van der Waals surface area contributed by atoms with E-state index in [4.69, 9.17) is 9.47 Å². The van der Waals surface area contributed by atoms with E-state index in [1.165, 1.54) is 11.3 Å². The van der Waals surface area contributed by atoms with Crippen molar-refractivity contribution in [2.24, 2.45) is 0 Å². The van der Waals surface area contributed by atoms with Crippen molar-refractivity contribution in [3.05, 3.63) is 87.9 Å². The number of nitrogens with zero attached hydrogens (tertiary/aromatic N) is 1. The minimum Gasteiger partial charge on any atom is -0.496 e. The second kappa shape index (κ2) is 9.23. The molecule has 7 nitrogen and oxygen atoms in total. The van der Waals surface area contributed by atoms with Crippen LogP contribution in [-0.4, -0.2) is 23.9 Å².